The van der Waals surface area contributed by atoms with Crippen LogP contribution in [-0.2, 0) is 26.0 Å². The Hall–Kier alpha value is -3.52. The van der Waals surface area contributed by atoms with E-state index in [-0.39, 0.29) is 6.42 Å². The van der Waals surface area contributed by atoms with Crippen molar-refractivity contribution in [2.45, 2.75) is 17.9 Å². The summed E-state index contributed by atoms with van der Waals surface area (Å²) in [6, 6.07) is 18.9. The van der Waals surface area contributed by atoms with E-state index in [1.54, 1.807) is 6.20 Å². The number of rotatable bonds is 10. The Morgan fingerprint density at radius 1 is 1.08 bits per heavy atom. The van der Waals surface area contributed by atoms with Crippen LogP contribution in [0.1, 0.15) is 6.42 Å². The van der Waals surface area contributed by atoms with Gasteiger partial charge in [-0.3, -0.25) is 5.04 Å². The van der Waals surface area contributed by atoms with Gasteiger partial charge in [-0.1, -0.05) is 24.3 Å². The third-order valence-electron chi connectivity index (χ3n) is 6.01. The van der Waals surface area contributed by atoms with Crippen LogP contribution in [0.3, 0.4) is 0 Å². The Bertz CT molecular complexity index is 1720. The van der Waals surface area contributed by atoms with Gasteiger partial charge in [0.15, 0.2) is 12.0 Å². The number of aromatic nitrogens is 2. The second kappa shape index (κ2) is 11.1. The lowest BCUT2D eigenvalue weighted by Gasteiger charge is -2.11. The summed E-state index contributed by atoms with van der Waals surface area (Å²) in [6.45, 7) is 0.382. The van der Waals surface area contributed by atoms with Crippen LogP contribution < -0.4 is 14.6 Å². The molecule has 12 heteroatoms. The highest BCUT2D eigenvalue weighted by molar-refractivity contribution is 7.94. The molecular weight excluding hydrogens is 532 g/mol. The number of hydrogen-bond donors (Lipinski definition) is 0. The van der Waals surface area contributed by atoms with E-state index in [9.17, 15) is 18.2 Å². The van der Waals surface area contributed by atoms with Gasteiger partial charge >= 0.3 is 0 Å². The number of fused-ring (bicyclic) bond motifs is 2. The number of benzene rings is 3. The number of para-hydroxylation sites is 1. The topological polar surface area (TPSA) is 138 Å². The van der Waals surface area contributed by atoms with Gasteiger partial charge in [-0.25, -0.2) is 13.4 Å². The first-order valence-corrected chi connectivity index (χ1v) is 13.7. The maximum Gasteiger partial charge on any atom is 0.227 e. The van der Waals surface area contributed by atoms with Gasteiger partial charge in [-0.05, 0) is 35.0 Å². The maximum atomic E-state index is 11.0. The van der Waals surface area contributed by atoms with E-state index in [1.807, 2.05) is 71.4 Å². The minimum absolute atomic E-state index is 0.215. The van der Waals surface area contributed by atoms with Crippen molar-refractivity contribution in [3.63, 3.8) is 0 Å². The normalized spacial score (nSPS) is 11.9. The quantitative estimate of drug-likeness (QED) is 0.0826. The molecule has 0 saturated carbocycles. The first-order chi connectivity index (χ1) is 18.4. The van der Waals surface area contributed by atoms with Gasteiger partial charge in [0.1, 0.15) is 12.3 Å². The average Bonchev–Trinajstić information content (AvgIpc) is 3.40. The van der Waals surface area contributed by atoms with Crippen molar-refractivity contribution in [3.8, 4) is 28.5 Å². The summed E-state index contributed by atoms with van der Waals surface area (Å²) in [7, 11) is -2.74. The highest BCUT2D eigenvalue weighted by atomic mass is 32.2. The summed E-state index contributed by atoms with van der Waals surface area (Å²) in [5.41, 5.74) is 2.44. The minimum atomic E-state index is -4.27. The van der Waals surface area contributed by atoms with Gasteiger partial charge in [0, 0.05) is 29.9 Å². The molecule has 196 valence electrons. The number of methoxy groups -OCH3 is 1. The minimum Gasteiger partial charge on any atom is -0.748 e. The van der Waals surface area contributed by atoms with Crippen LogP contribution in [0, 0.1) is 0 Å². The zero-order chi connectivity index (χ0) is 26.7. The molecule has 0 aliphatic carbocycles. The predicted octanol–water partition coefficient (Wildman–Crippen LogP) is 3.78. The molecule has 0 N–H and O–H groups in total. The molecule has 2 heterocycles. The molecule has 38 heavy (non-hydrogen) atoms. The molecule has 5 rings (SSSR count). The fourth-order valence-corrected chi connectivity index (χ4v) is 5.28. The lowest BCUT2D eigenvalue weighted by molar-refractivity contribution is -0.777. The number of hydrogen-bond acceptors (Lipinski definition) is 10. The maximum absolute atomic E-state index is 11.0. The van der Waals surface area contributed by atoms with E-state index >= 15 is 0 Å². The summed E-state index contributed by atoms with van der Waals surface area (Å²) in [5, 5.41) is 16.4. The van der Waals surface area contributed by atoms with Gasteiger partial charge in [-0.2, -0.15) is 8.90 Å². The van der Waals surface area contributed by atoms with E-state index in [4.69, 9.17) is 9.15 Å². The molecular formula is C26H21N2O8S2-. The van der Waals surface area contributed by atoms with Crippen molar-refractivity contribution in [2.75, 3.05) is 12.9 Å². The Morgan fingerprint density at radius 2 is 1.92 bits per heavy atom. The van der Waals surface area contributed by atoms with E-state index in [2.05, 4.69) is 14.4 Å². The van der Waals surface area contributed by atoms with Crippen molar-refractivity contribution in [3.05, 3.63) is 73.1 Å². The van der Waals surface area contributed by atoms with Gasteiger partial charge < -0.3 is 19.0 Å². The zero-order valence-electron chi connectivity index (χ0n) is 20.0. The fourth-order valence-electron chi connectivity index (χ4n) is 4.30. The largest absolute Gasteiger partial charge is 0.748 e. The third kappa shape index (κ3) is 5.65. The van der Waals surface area contributed by atoms with E-state index in [0.29, 0.717) is 28.8 Å². The highest BCUT2D eigenvalue weighted by Crippen LogP contribution is 2.36. The van der Waals surface area contributed by atoms with Crippen LogP contribution in [0.4, 0.5) is 0 Å². The second-order valence-electron chi connectivity index (χ2n) is 8.37. The van der Waals surface area contributed by atoms with Crippen LogP contribution in [-0.4, -0.2) is 30.8 Å². The number of pyridine rings is 1. The Morgan fingerprint density at radius 3 is 2.71 bits per heavy atom. The van der Waals surface area contributed by atoms with E-state index in [1.165, 1.54) is 7.11 Å². The molecule has 0 spiro atoms. The summed E-state index contributed by atoms with van der Waals surface area (Å²) < 4.78 is 50.9. The first-order valence-electron chi connectivity index (χ1n) is 11.4. The van der Waals surface area contributed by atoms with Gasteiger partial charge in [0.2, 0.25) is 11.4 Å². The number of ether oxygens (including phenoxy) is 1. The van der Waals surface area contributed by atoms with E-state index < -0.39 is 15.9 Å². The standard InChI is InChI=1S/C26H22N2O8S2/c1-33-23-14-17-7-8-18(13-19(17)15-25(23)37-36-35-29)24-16-27-26(34-24)21-9-11-28(10-4-12-38(30,31)32)22-6-3-2-5-20(21)22/h2-3,5-9,11,13-16H,4,10,12H2,1H3,(H-,29,30,31,32)/p-1. The lowest BCUT2D eigenvalue weighted by Crippen LogP contribution is -2.35. The second-order valence-corrected chi connectivity index (χ2v) is 10.6. The van der Waals surface area contributed by atoms with Gasteiger partial charge in [0.05, 0.1) is 51.3 Å². The van der Waals surface area contributed by atoms with Crippen LogP contribution in [0.15, 0.2) is 82.4 Å². The summed E-state index contributed by atoms with van der Waals surface area (Å²) in [4.78, 5) is 5.08. The molecule has 0 amide bonds. The van der Waals surface area contributed by atoms with Crippen LogP contribution in [0.5, 0.6) is 5.75 Å². The van der Waals surface area contributed by atoms with Gasteiger partial charge in [-0.15, -0.1) is 0 Å². The Kier molecular flexibility index (Phi) is 7.61. The Labute approximate surface area is 222 Å². The van der Waals surface area contributed by atoms with E-state index in [0.717, 1.165) is 44.8 Å². The average molecular weight is 554 g/mol. The van der Waals surface area contributed by atoms with Crippen LogP contribution in [0.25, 0.3) is 44.5 Å². The molecule has 5 aromatic rings. The van der Waals surface area contributed by atoms with Crippen molar-refractivity contribution in [1.82, 2.24) is 4.98 Å². The lowest BCUT2D eigenvalue weighted by atomic mass is 10.1. The molecule has 0 unspecified atom stereocenters. The molecule has 0 atom stereocenters. The number of nitrogens with zero attached hydrogens (tertiary/aromatic N) is 2. The first kappa shape index (κ1) is 26.1. The van der Waals surface area contributed by atoms with Crippen molar-refractivity contribution in [2.24, 2.45) is 0 Å². The number of oxazole rings is 1. The van der Waals surface area contributed by atoms with Gasteiger partial charge in [0.25, 0.3) is 0 Å². The molecule has 0 fully saturated rings. The van der Waals surface area contributed by atoms with Crippen molar-refractivity contribution < 1.29 is 41.3 Å². The molecule has 0 aliphatic rings. The highest BCUT2D eigenvalue weighted by Gasteiger charge is 2.18. The van der Waals surface area contributed by atoms with Crippen molar-refractivity contribution >= 4 is 43.8 Å². The SMILES string of the molecule is COc1cc2ccc(-c3cnc(-c4cc[n+](CCCS(=O)(=O)[O-])c5ccccc45)o3)cc2cc1SOO[O-]. The molecule has 3 aromatic carbocycles. The third-order valence-corrected chi connectivity index (χ3v) is 7.42. The molecule has 0 aliphatic heterocycles. The predicted molar refractivity (Wildman–Crippen MR) is 136 cm³/mol. The number of aryl methyl sites for hydroxylation is 1. The molecule has 2 aromatic heterocycles. The molecule has 0 radical (unpaired) electrons. The van der Waals surface area contributed by atoms with Crippen molar-refractivity contribution in [1.29, 1.82) is 0 Å². The molecule has 0 bridgehead atoms. The summed E-state index contributed by atoms with van der Waals surface area (Å²) >= 11 is 0.755. The van der Waals surface area contributed by atoms with Crippen LogP contribution >= 0.6 is 12.0 Å². The zero-order valence-corrected chi connectivity index (χ0v) is 21.7. The Balaban J connectivity index is 1.47. The van der Waals surface area contributed by atoms with Crippen LogP contribution in [0.2, 0.25) is 0 Å². The monoisotopic (exact) mass is 553 g/mol. The fraction of sp³-hybridized carbons (Fsp3) is 0.154. The smallest absolute Gasteiger partial charge is 0.227 e. The molecule has 0 saturated heterocycles. The summed E-state index contributed by atoms with van der Waals surface area (Å²) in [5.74, 6) is 1.11. The molecule has 10 nitrogen and oxygen atoms in total. The summed E-state index contributed by atoms with van der Waals surface area (Å²) in [6.07, 6.45) is 3.70.